The van der Waals surface area contributed by atoms with Crippen molar-refractivity contribution in [3.63, 3.8) is 0 Å². The van der Waals surface area contributed by atoms with Gasteiger partial charge in [0.05, 0.1) is 18.2 Å². The number of nitrogens with zero attached hydrogens (tertiary/aromatic N) is 1. The second-order valence-electron chi connectivity index (χ2n) is 4.32. The van der Waals surface area contributed by atoms with Crippen molar-refractivity contribution < 1.29 is 9.15 Å². The number of ether oxygens (including phenoxy) is 1. The van der Waals surface area contributed by atoms with E-state index >= 15 is 0 Å². The fourth-order valence-electron chi connectivity index (χ4n) is 1.76. The van der Waals surface area contributed by atoms with Gasteiger partial charge in [0.25, 0.3) is 0 Å². The molecule has 0 spiro atoms. The number of oxazole rings is 1. The average Bonchev–Trinajstić information content (AvgIpc) is 3.07. The fourth-order valence-corrected chi connectivity index (χ4v) is 2.56. The summed E-state index contributed by atoms with van der Waals surface area (Å²) in [7, 11) is 1.67. The molecule has 2 rings (SSSR count). The quantitative estimate of drug-likeness (QED) is 0.753. The Morgan fingerprint density at radius 2 is 2.32 bits per heavy atom. The van der Waals surface area contributed by atoms with Crippen molar-refractivity contribution in [3.05, 3.63) is 23.5 Å². The summed E-state index contributed by atoms with van der Waals surface area (Å²) in [4.78, 5) is 5.37. The first-order valence-corrected chi connectivity index (χ1v) is 7.49. The molecule has 1 N–H and O–H groups in total. The standard InChI is InChI=1S/C14H20N2O2S/c1-3-6-15-7-4-5-14-16-9-12(18-14)13-8-11(17-2)10-19-13/h8-10,15H,3-7H2,1-2H3. The molecule has 0 aliphatic carbocycles. The second kappa shape index (κ2) is 7.31. The molecule has 2 aromatic heterocycles. The van der Waals surface area contributed by atoms with Gasteiger partial charge < -0.3 is 14.5 Å². The van der Waals surface area contributed by atoms with E-state index in [0.29, 0.717) is 0 Å². The van der Waals surface area contributed by atoms with Crippen LogP contribution in [0.15, 0.2) is 22.1 Å². The average molecular weight is 280 g/mol. The third-order valence-corrected chi connectivity index (χ3v) is 3.70. The predicted molar refractivity (Wildman–Crippen MR) is 77.8 cm³/mol. The van der Waals surface area contributed by atoms with Crippen molar-refractivity contribution in [1.29, 1.82) is 0 Å². The topological polar surface area (TPSA) is 47.3 Å². The highest BCUT2D eigenvalue weighted by atomic mass is 32.1. The summed E-state index contributed by atoms with van der Waals surface area (Å²) in [5, 5.41) is 5.34. The van der Waals surface area contributed by atoms with Crippen LogP contribution in [-0.2, 0) is 6.42 Å². The molecule has 0 aliphatic heterocycles. The maximum absolute atomic E-state index is 5.75. The number of methoxy groups -OCH3 is 1. The summed E-state index contributed by atoms with van der Waals surface area (Å²) >= 11 is 1.60. The van der Waals surface area contributed by atoms with E-state index in [1.807, 2.05) is 11.4 Å². The third-order valence-electron chi connectivity index (χ3n) is 2.78. The summed E-state index contributed by atoms with van der Waals surface area (Å²) in [6.45, 7) is 4.26. The Bertz CT molecular complexity index is 493. The van der Waals surface area contributed by atoms with E-state index < -0.39 is 0 Å². The van der Waals surface area contributed by atoms with Gasteiger partial charge in [0, 0.05) is 17.9 Å². The molecule has 4 nitrogen and oxygen atoms in total. The van der Waals surface area contributed by atoms with Crippen LogP contribution in [0.1, 0.15) is 25.7 Å². The first-order valence-electron chi connectivity index (χ1n) is 6.61. The van der Waals surface area contributed by atoms with Gasteiger partial charge in [-0.15, -0.1) is 11.3 Å². The van der Waals surface area contributed by atoms with Crippen LogP contribution in [0.3, 0.4) is 0 Å². The molecule has 0 saturated heterocycles. The molecule has 2 aromatic rings. The minimum Gasteiger partial charge on any atom is -0.496 e. The number of hydrogen-bond acceptors (Lipinski definition) is 5. The molecule has 0 amide bonds. The largest absolute Gasteiger partial charge is 0.496 e. The Hall–Kier alpha value is -1.33. The van der Waals surface area contributed by atoms with E-state index in [9.17, 15) is 0 Å². The summed E-state index contributed by atoms with van der Waals surface area (Å²) in [5.41, 5.74) is 0. The molecule has 104 valence electrons. The van der Waals surface area contributed by atoms with E-state index in [1.165, 1.54) is 6.42 Å². The summed E-state index contributed by atoms with van der Waals surface area (Å²) in [6, 6.07) is 1.97. The molecule has 0 saturated carbocycles. The Labute approximate surface area is 117 Å². The first kappa shape index (κ1) is 14.1. The molecule has 0 unspecified atom stereocenters. The Balaban J connectivity index is 1.84. The molecule has 0 bridgehead atoms. The molecular formula is C14H20N2O2S. The van der Waals surface area contributed by atoms with Gasteiger partial charge >= 0.3 is 0 Å². The van der Waals surface area contributed by atoms with Gasteiger partial charge in [-0.2, -0.15) is 0 Å². The molecule has 0 aliphatic rings. The van der Waals surface area contributed by atoms with Crippen LogP contribution < -0.4 is 10.1 Å². The van der Waals surface area contributed by atoms with Crippen molar-refractivity contribution in [2.45, 2.75) is 26.2 Å². The van der Waals surface area contributed by atoms with E-state index in [4.69, 9.17) is 9.15 Å². The summed E-state index contributed by atoms with van der Waals surface area (Å²) < 4.78 is 10.9. The summed E-state index contributed by atoms with van der Waals surface area (Å²) in [5.74, 6) is 2.49. The highest BCUT2D eigenvalue weighted by Crippen LogP contribution is 2.31. The van der Waals surface area contributed by atoms with E-state index in [-0.39, 0.29) is 0 Å². The van der Waals surface area contributed by atoms with Gasteiger partial charge in [0.1, 0.15) is 5.75 Å². The minimum absolute atomic E-state index is 0.806. The number of thiophene rings is 1. The molecular weight excluding hydrogens is 260 g/mol. The zero-order valence-corrected chi connectivity index (χ0v) is 12.3. The number of nitrogens with one attached hydrogen (secondary N) is 1. The van der Waals surface area contributed by atoms with Gasteiger partial charge in [-0.1, -0.05) is 6.92 Å². The smallest absolute Gasteiger partial charge is 0.194 e. The normalized spacial score (nSPS) is 10.8. The Morgan fingerprint density at radius 1 is 1.42 bits per heavy atom. The highest BCUT2D eigenvalue weighted by molar-refractivity contribution is 7.13. The lowest BCUT2D eigenvalue weighted by Crippen LogP contribution is -2.16. The SMILES string of the molecule is CCCNCCCc1ncc(-c2cc(OC)cs2)o1. The molecule has 0 atom stereocenters. The number of rotatable bonds is 8. The Kier molecular flexibility index (Phi) is 5.42. The number of aromatic nitrogens is 1. The minimum atomic E-state index is 0.806. The molecule has 0 aromatic carbocycles. The van der Waals surface area contributed by atoms with Crippen molar-refractivity contribution in [2.75, 3.05) is 20.2 Å². The molecule has 2 heterocycles. The maximum atomic E-state index is 5.75. The maximum Gasteiger partial charge on any atom is 0.194 e. The predicted octanol–water partition coefficient (Wildman–Crippen LogP) is 3.34. The first-order chi connectivity index (χ1) is 9.33. The van der Waals surface area contributed by atoms with Gasteiger partial charge in [0.2, 0.25) is 0 Å². The zero-order valence-electron chi connectivity index (χ0n) is 11.4. The lowest BCUT2D eigenvalue weighted by atomic mass is 10.3. The van der Waals surface area contributed by atoms with Crippen molar-refractivity contribution in [1.82, 2.24) is 10.3 Å². The third kappa shape index (κ3) is 4.08. The zero-order chi connectivity index (χ0) is 13.5. The van der Waals surface area contributed by atoms with Crippen LogP contribution in [0.2, 0.25) is 0 Å². The van der Waals surface area contributed by atoms with Gasteiger partial charge in [0.15, 0.2) is 11.7 Å². The van der Waals surface area contributed by atoms with Crippen LogP contribution in [0, 0.1) is 0 Å². The van der Waals surface area contributed by atoms with Gasteiger partial charge in [-0.25, -0.2) is 4.98 Å². The molecule has 0 radical (unpaired) electrons. The fraction of sp³-hybridized carbons (Fsp3) is 0.500. The monoisotopic (exact) mass is 280 g/mol. The van der Waals surface area contributed by atoms with E-state index in [2.05, 4.69) is 17.2 Å². The molecule has 5 heteroatoms. The Morgan fingerprint density at radius 3 is 3.05 bits per heavy atom. The number of aryl methyl sites for hydroxylation is 1. The van der Waals surface area contributed by atoms with Gasteiger partial charge in [-0.05, 0) is 25.9 Å². The lowest BCUT2D eigenvalue weighted by molar-refractivity contribution is 0.416. The summed E-state index contributed by atoms with van der Waals surface area (Å²) in [6.07, 6.45) is 4.89. The van der Waals surface area contributed by atoms with Crippen LogP contribution in [0.4, 0.5) is 0 Å². The number of hydrogen-bond donors (Lipinski definition) is 1. The molecule has 19 heavy (non-hydrogen) atoms. The van der Waals surface area contributed by atoms with E-state index in [0.717, 1.165) is 48.2 Å². The lowest BCUT2D eigenvalue weighted by Gasteiger charge is -2.00. The van der Waals surface area contributed by atoms with Crippen LogP contribution >= 0.6 is 11.3 Å². The second-order valence-corrected chi connectivity index (χ2v) is 5.23. The van der Waals surface area contributed by atoms with E-state index in [1.54, 1.807) is 24.6 Å². The van der Waals surface area contributed by atoms with Crippen LogP contribution in [0.5, 0.6) is 5.75 Å². The highest BCUT2D eigenvalue weighted by Gasteiger charge is 2.09. The van der Waals surface area contributed by atoms with Crippen molar-refractivity contribution in [2.24, 2.45) is 0 Å². The van der Waals surface area contributed by atoms with Crippen LogP contribution in [0.25, 0.3) is 10.6 Å². The molecule has 0 fully saturated rings. The van der Waals surface area contributed by atoms with Crippen molar-refractivity contribution >= 4 is 11.3 Å². The van der Waals surface area contributed by atoms with Crippen molar-refractivity contribution in [3.8, 4) is 16.4 Å². The van der Waals surface area contributed by atoms with Crippen LogP contribution in [-0.4, -0.2) is 25.2 Å². The van der Waals surface area contributed by atoms with Gasteiger partial charge in [-0.3, -0.25) is 0 Å².